The Labute approximate surface area is 106 Å². The molecule has 2 N–H and O–H groups in total. The highest BCUT2D eigenvalue weighted by molar-refractivity contribution is 5.95. The Kier molecular flexibility index (Phi) is 4.27. The topological polar surface area (TPSA) is 46.3 Å². The first-order valence-electron chi connectivity index (χ1n) is 5.77. The molecule has 1 rings (SSSR count). The largest absolute Gasteiger partial charge is 0.396 e. The standard InChI is InChI=1S/C13H18F2N2O/c1-7(2)8(3)17(4)13(18)10-5-9(14)6-11(16)12(10)15/h5-8H,16H2,1-4H3. The van der Waals surface area contributed by atoms with Crippen LogP contribution in [0, 0.1) is 17.6 Å². The average molecular weight is 256 g/mol. The molecular formula is C13H18F2N2O. The van der Waals surface area contributed by atoms with Gasteiger partial charge in [-0.3, -0.25) is 4.79 Å². The number of benzene rings is 1. The van der Waals surface area contributed by atoms with Crippen molar-refractivity contribution in [3.8, 4) is 0 Å². The van der Waals surface area contributed by atoms with Gasteiger partial charge in [0.2, 0.25) is 0 Å². The van der Waals surface area contributed by atoms with Crippen LogP contribution in [-0.4, -0.2) is 23.9 Å². The van der Waals surface area contributed by atoms with Crippen molar-refractivity contribution in [2.24, 2.45) is 5.92 Å². The van der Waals surface area contributed by atoms with Gasteiger partial charge in [0.25, 0.3) is 5.91 Å². The van der Waals surface area contributed by atoms with E-state index in [-0.39, 0.29) is 23.2 Å². The molecule has 100 valence electrons. The van der Waals surface area contributed by atoms with Crippen LogP contribution in [0.2, 0.25) is 0 Å². The summed E-state index contributed by atoms with van der Waals surface area (Å²) in [6.45, 7) is 5.75. The van der Waals surface area contributed by atoms with Crippen LogP contribution in [0.3, 0.4) is 0 Å². The van der Waals surface area contributed by atoms with Crippen molar-refractivity contribution in [3.05, 3.63) is 29.3 Å². The molecule has 1 aromatic rings. The van der Waals surface area contributed by atoms with Crippen molar-refractivity contribution < 1.29 is 13.6 Å². The smallest absolute Gasteiger partial charge is 0.257 e. The Morgan fingerprint density at radius 3 is 2.33 bits per heavy atom. The van der Waals surface area contributed by atoms with Gasteiger partial charge in [-0.1, -0.05) is 13.8 Å². The number of anilines is 1. The summed E-state index contributed by atoms with van der Waals surface area (Å²) in [5.41, 5.74) is 4.62. The van der Waals surface area contributed by atoms with Gasteiger partial charge in [0.1, 0.15) is 5.82 Å². The molecule has 0 bridgehead atoms. The van der Waals surface area contributed by atoms with E-state index in [1.807, 2.05) is 20.8 Å². The number of hydrogen-bond donors (Lipinski definition) is 1. The number of amides is 1. The minimum Gasteiger partial charge on any atom is -0.396 e. The molecular weight excluding hydrogens is 238 g/mol. The van der Waals surface area contributed by atoms with Crippen molar-refractivity contribution >= 4 is 11.6 Å². The van der Waals surface area contributed by atoms with Crippen LogP contribution in [-0.2, 0) is 0 Å². The fourth-order valence-corrected chi connectivity index (χ4v) is 1.59. The number of nitrogen functional groups attached to an aromatic ring is 1. The fraction of sp³-hybridized carbons (Fsp3) is 0.462. The molecule has 0 aromatic heterocycles. The summed E-state index contributed by atoms with van der Waals surface area (Å²) in [5, 5.41) is 0. The zero-order chi connectivity index (χ0) is 14.0. The van der Waals surface area contributed by atoms with E-state index < -0.39 is 17.5 Å². The summed E-state index contributed by atoms with van der Waals surface area (Å²) in [6.07, 6.45) is 0. The molecule has 3 nitrogen and oxygen atoms in total. The molecule has 5 heteroatoms. The van der Waals surface area contributed by atoms with E-state index >= 15 is 0 Å². The first kappa shape index (κ1) is 14.4. The molecule has 1 amide bonds. The van der Waals surface area contributed by atoms with Gasteiger partial charge in [-0.05, 0) is 25.0 Å². The van der Waals surface area contributed by atoms with Gasteiger partial charge in [-0.15, -0.1) is 0 Å². The van der Waals surface area contributed by atoms with Crippen molar-refractivity contribution in [1.29, 1.82) is 0 Å². The number of nitrogens with two attached hydrogens (primary N) is 1. The summed E-state index contributed by atoms with van der Waals surface area (Å²) < 4.78 is 26.9. The molecule has 0 fully saturated rings. The molecule has 0 heterocycles. The van der Waals surface area contributed by atoms with E-state index in [9.17, 15) is 13.6 Å². The van der Waals surface area contributed by atoms with Crippen molar-refractivity contribution in [1.82, 2.24) is 4.90 Å². The second-order valence-corrected chi connectivity index (χ2v) is 4.76. The predicted octanol–water partition coefficient (Wildman–Crippen LogP) is 2.66. The number of carbonyl (C=O) groups excluding carboxylic acids is 1. The maximum Gasteiger partial charge on any atom is 0.257 e. The molecule has 0 radical (unpaired) electrons. The third-order valence-corrected chi connectivity index (χ3v) is 3.19. The molecule has 1 atom stereocenters. The summed E-state index contributed by atoms with van der Waals surface area (Å²) in [4.78, 5) is 13.5. The Morgan fingerprint density at radius 1 is 1.28 bits per heavy atom. The number of hydrogen-bond acceptors (Lipinski definition) is 2. The molecule has 1 unspecified atom stereocenters. The highest BCUT2D eigenvalue weighted by Gasteiger charge is 2.24. The first-order chi connectivity index (χ1) is 8.25. The lowest BCUT2D eigenvalue weighted by atomic mass is 10.0. The second-order valence-electron chi connectivity index (χ2n) is 4.76. The zero-order valence-corrected chi connectivity index (χ0v) is 11.0. The highest BCUT2D eigenvalue weighted by atomic mass is 19.1. The molecule has 0 aliphatic rings. The summed E-state index contributed by atoms with van der Waals surface area (Å²) >= 11 is 0. The van der Waals surface area contributed by atoms with Crippen LogP contribution in [0.1, 0.15) is 31.1 Å². The van der Waals surface area contributed by atoms with Crippen molar-refractivity contribution in [2.75, 3.05) is 12.8 Å². The summed E-state index contributed by atoms with van der Waals surface area (Å²) in [5.74, 6) is -1.94. The van der Waals surface area contributed by atoms with Crippen LogP contribution in [0.4, 0.5) is 14.5 Å². The summed E-state index contributed by atoms with van der Waals surface area (Å²) in [6, 6.07) is 1.65. The van der Waals surface area contributed by atoms with Gasteiger partial charge in [0.05, 0.1) is 11.3 Å². The van der Waals surface area contributed by atoms with Crippen LogP contribution in [0.25, 0.3) is 0 Å². The van der Waals surface area contributed by atoms with Crippen LogP contribution < -0.4 is 5.73 Å². The molecule has 18 heavy (non-hydrogen) atoms. The SMILES string of the molecule is CC(C)C(C)N(C)C(=O)c1cc(F)cc(N)c1F. The minimum absolute atomic E-state index is 0.0820. The first-order valence-corrected chi connectivity index (χ1v) is 5.77. The lowest BCUT2D eigenvalue weighted by Gasteiger charge is -2.28. The molecule has 0 aliphatic heterocycles. The lowest BCUT2D eigenvalue weighted by molar-refractivity contribution is 0.0702. The molecule has 0 aliphatic carbocycles. The normalized spacial score (nSPS) is 12.6. The third-order valence-electron chi connectivity index (χ3n) is 3.19. The van der Waals surface area contributed by atoms with Gasteiger partial charge in [0, 0.05) is 13.1 Å². The maximum atomic E-state index is 13.7. The number of rotatable bonds is 3. The lowest BCUT2D eigenvalue weighted by Crippen LogP contribution is -2.38. The zero-order valence-electron chi connectivity index (χ0n) is 11.0. The third kappa shape index (κ3) is 2.78. The van der Waals surface area contributed by atoms with E-state index in [1.54, 1.807) is 7.05 Å². The predicted molar refractivity (Wildman–Crippen MR) is 67.2 cm³/mol. The average Bonchev–Trinajstić information content (AvgIpc) is 2.30. The molecule has 0 spiro atoms. The van der Waals surface area contributed by atoms with Crippen LogP contribution in [0.5, 0.6) is 0 Å². The molecule has 0 saturated carbocycles. The molecule has 1 aromatic carbocycles. The Hall–Kier alpha value is -1.65. The highest BCUT2D eigenvalue weighted by Crippen LogP contribution is 2.20. The van der Waals surface area contributed by atoms with Crippen molar-refractivity contribution in [2.45, 2.75) is 26.8 Å². The van der Waals surface area contributed by atoms with E-state index in [0.29, 0.717) is 0 Å². The van der Waals surface area contributed by atoms with Crippen LogP contribution >= 0.6 is 0 Å². The maximum absolute atomic E-state index is 13.7. The van der Waals surface area contributed by atoms with E-state index in [4.69, 9.17) is 5.73 Å². The minimum atomic E-state index is -0.871. The van der Waals surface area contributed by atoms with Gasteiger partial charge in [-0.2, -0.15) is 0 Å². The van der Waals surface area contributed by atoms with E-state index in [0.717, 1.165) is 12.1 Å². The second kappa shape index (κ2) is 5.33. The van der Waals surface area contributed by atoms with Gasteiger partial charge in [-0.25, -0.2) is 8.78 Å². The van der Waals surface area contributed by atoms with Gasteiger partial charge in [0.15, 0.2) is 5.82 Å². The number of carbonyl (C=O) groups is 1. The number of halogens is 2. The Balaban J connectivity index is 3.11. The molecule has 0 saturated heterocycles. The van der Waals surface area contributed by atoms with Gasteiger partial charge >= 0.3 is 0 Å². The number of nitrogens with zero attached hydrogens (tertiary/aromatic N) is 1. The fourth-order valence-electron chi connectivity index (χ4n) is 1.59. The van der Waals surface area contributed by atoms with Gasteiger partial charge < -0.3 is 10.6 Å². The summed E-state index contributed by atoms with van der Waals surface area (Å²) in [7, 11) is 1.56. The van der Waals surface area contributed by atoms with Crippen LogP contribution in [0.15, 0.2) is 12.1 Å². The Bertz CT molecular complexity index is 461. The van der Waals surface area contributed by atoms with Crippen molar-refractivity contribution in [3.63, 3.8) is 0 Å². The van der Waals surface area contributed by atoms with E-state index in [2.05, 4.69) is 0 Å². The Morgan fingerprint density at radius 2 is 1.83 bits per heavy atom. The quantitative estimate of drug-likeness (QED) is 0.845. The monoisotopic (exact) mass is 256 g/mol. The van der Waals surface area contributed by atoms with E-state index in [1.165, 1.54) is 4.90 Å².